The molecule has 0 fully saturated rings. The van der Waals surface area contributed by atoms with E-state index in [4.69, 9.17) is 28.7 Å². The van der Waals surface area contributed by atoms with Gasteiger partial charge in [0.25, 0.3) is 0 Å². The Bertz CT molecular complexity index is 3790. The van der Waals surface area contributed by atoms with Crippen LogP contribution in [0.15, 0.2) is 200 Å². The summed E-state index contributed by atoms with van der Waals surface area (Å²) >= 11 is 0. The van der Waals surface area contributed by atoms with E-state index >= 15 is 0 Å². The molecule has 0 aliphatic heterocycles. The SMILES string of the molecule is [2H]c1c([2H])c([2H])c(-c2cccc(-c3cccc(-n4c5ccccc5c5ccc6c7ccccc7n(-c7nc(-c8ccccc8)nc(-c8c([2H])c([2H])c([2H])c([2H])c8[2H])n7)c6c54)c3)c2)c([2H])c1[2H]. The lowest BCUT2D eigenvalue weighted by Crippen LogP contribution is -2.07. The molecule has 5 nitrogen and oxygen atoms in total. The lowest BCUT2D eigenvalue weighted by Gasteiger charge is -2.14. The second kappa shape index (κ2) is 13.0. The van der Waals surface area contributed by atoms with Crippen LogP contribution in [0.3, 0.4) is 0 Å². The van der Waals surface area contributed by atoms with Gasteiger partial charge in [-0.2, -0.15) is 9.97 Å². The van der Waals surface area contributed by atoms with Crippen LogP contribution >= 0.6 is 0 Å². The van der Waals surface area contributed by atoms with Crippen LogP contribution in [0.5, 0.6) is 0 Å². The van der Waals surface area contributed by atoms with Gasteiger partial charge in [-0.3, -0.25) is 4.57 Å². The maximum atomic E-state index is 8.91. The highest BCUT2D eigenvalue weighted by Gasteiger charge is 2.23. The molecule has 0 atom stereocenters. The molecule has 3 heterocycles. The third kappa shape index (κ3) is 5.21. The molecule has 0 saturated carbocycles. The highest BCUT2D eigenvalue weighted by Crippen LogP contribution is 2.42. The van der Waals surface area contributed by atoms with Gasteiger partial charge >= 0.3 is 0 Å². The second-order valence-corrected chi connectivity index (χ2v) is 13.3. The quantitative estimate of drug-likeness (QED) is 0.171. The van der Waals surface area contributed by atoms with Crippen molar-refractivity contribution in [2.45, 2.75) is 0 Å². The zero-order valence-corrected chi connectivity index (χ0v) is 29.5. The molecular weight excluding hydrogens is 683 g/mol. The molecular formula is C51H33N5. The average molecular weight is 726 g/mol. The first-order valence-corrected chi connectivity index (χ1v) is 18.1. The first-order valence-electron chi connectivity index (χ1n) is 23.1. The Morgan fingerprint density at radius 2 is 0.857 bits per heavy atom. The molecule has 11 rings (SSSR count). The van der Waals surface area contributed by atoms with Gasteiger partial charge in [0, 0.05) is 38.4 Å². The van der Waals surface area contributed by atoms with Gasteiger partial charge in [0.05, 0.1) is 35.8 Å². The zero-order valence-electron chi connectivity index (χ0n) is 39.5. The first kappa shape index (κ1) is 23.2. The molecule has 0 bridgehead atoms. The molecule has 0 N–H and O–H groups in total. The Hall–Kier alpha value is -7.63. The van der Waals surface area contributed by atoms with Crippen LogP contribution in [0, 0.1) is 0 Å². The molecule has 11 aromatic rings. The maximum absolute atomic E-state index is 8.91. The van der Waals surface area contributed by atoms with Crippen LogP contribution in [-0.2, 0) is 0 Å². The Kier molecular flexibility index (Phi) is 5.41. The molecule has 262 valence electrons. The summed E-state index contributed by atoms with van der Waals surface area (Å²) in [6.45, 7) is 0. The maximum Gasteiger partial charge on any atom is 0.238 e. The molecule has 5 heteroatoms. The molecule has 0 amide bonds. The molecule has 8 aromatic carbocycles. The van der Waals surface area contributed by atoms with Crippen LogP contribution in [0.2, 0.25) is 0 Å². The number of hydrogen-bond acceptors (Lipinski definition) is 3. The predicted molar refractivity (Wildman–Crippen MR) is 230 cm³/mol. The van der Waals surface area contributed by atoms with Crippen molar-refractivity contribution in [1.29, 1.82) is 0 Å². The zero-order chi connectivity index (χ0) is 45.7. The Morgan fingerprint density at radius 3 is 1.54 bits per heavy atom. The van der Waals surface area contributed by atoms with Gasteiger partial charge in [-0.1, -0.05) is 170 Å². The number of para-hydroxylation sites is 2. The van der Waals surface area contributed by atoms with E-state index in [2.05, 4.69) is 34.9 Å². The van der Waals surface area contributed by atoms with Crippen LogP contribution in [0.25, 0.3) is 100 Å². The lowest BCUT2D eigenvalue weighted by molar-refractivity contribution is 0.953. The summed E-state index contributed by atoms with van der Waals surface area (Å²) in [7, 11) is 0. The normalized spacial score (nSPS) is 14.1. The van der Waals surface area contributed by atoms with Crippen LogP contribution < -0.4 is 0 Å². The number of rotatable bonds is 6. The summed E-state index contributed by atoms with van der Waals surface area (Å²) in [4.78, 5) is 14.8. The third-order valence-electron chi connectivity index (χ3n) is 10.1. The molecule has 0 spiro atoms. The molecule has 0 aliphatic carbocycles. The Labute approximate surface area is 337 Å². The van der Waals surface area contributed by atoms with Crippen LogP contribution in [0.1, 0.15) is 13.7 Å². The summed E-state index contributed by atoms with van der Waals surface area (Å²) in [5.74, 6) is 0.354. The first-order chi connectivity index (χ1) is 31.9. The van der Waals surface area contributed by atoms with Crippen molar-refractivity contribution in [1.82, 2.24) is 24.1 Å². The van der Waals surface area contributed by atoms with Crippen molar-refractivity contribution in [2.75, 3.05) is 0 Å². The molecule has 0 radical (unpaired) electrons. The summed E-state index contributed by atoms with van der Waals surface area (Å²) in [6.07, 6.45) is 0. The van der Waals surface area contributed by atoms with Gasteiger partial charge in [-0.15, -0.1) is 0 Å². The molecule has 0 aliphatic rings. The highest BCUT2D eigenvalue weighted by atomic mass is 15.2. The molecule has 0 saturated heterocycles. The van der Waals surface area contributed by atoms with Crippen molar-refractivity contribution in [3.05, 3.63) is 200 Å². The van der Waals surface area contributed by atoms with E-state index in [1.807, 2.05) is 108 Å². The summed E-state index contributed by atoms with van der Waals surface area (Å²) in [5.41, 5.74) is 6.82. The third-order valence-corrected chi connectivity index (χ3v) is 10.1. The summed E-state index contributed by atoms with van der Waals surface area (Å²) in [6, 6.07) is 40.7. The monoisotopic (exact) mass is 725 g/mol. The molecule has 0 unspecified atom stereocenters. The van der Waals surface area contributed by atoms with Crippen LogP contribution in [-0.4, -0.2) is 24.1 Å². The molecule has 56 heavy (non-hydrogen) atoms. The lowest BCUT2D eigenvalue weighted by atomic mass is 9.99. The Morgan fingerprint density at radius 1 is 0.357 bits per heavy atom. The van der Waals surface area contributed by atoms with E-state index in [-0.39, 0.29) is 40.8 Å². The van der Waals surface area contributed by atoms with Crippen LogP contribution in [0.4, 0.5) is 0 Å². The largest absolute Gasteiger partial charge is 0.307 e. The van der Waals surface area contributed by atoms with Gasteiger partial charge in [-0.05, 0) is 52.6 Å². The average Bonchev–Trinajstić information content (AvgIpc) is 3.87. The van der Waals surface area contributed by atoms with Gasteiger partial charge in [-0.25, -0.2) is 4.98 Å². The van der Waals surface area contributed by atoms with Crippen molar-refractivity contribution in [2.24, 2.45) is 0 Å². The number of fused-ring (bicyclic) bond motifs is 7. The topological polar surface area (TPSA) is 48.5 Å². The van der Waals surface area contributed by atoms with E-state index < -0.39 is 48.3 Å². The predicted octanol–water partition coefficient (Wildman–Crippen LogP) is 12.7. The van der Waals surface area contributed by atoms with Gasteiger partial charge in [0.1, 0.15) is 0 Å². The van der Waals surface area contributed by atoms with Gasteiger partial charge in [0.15, 0.2) is 11.6 Å². The fraction of sp³-hybridized carbons (Fsp3) is 0. The fourth-order valence-electron chi connectivity index (χ4n) is 7.70. The number of hydrogen-bond donors (Lipinski definition) is 0. The van der Waals surface area contributed by atoms with E-state index in [9.17, 15) is 0 Å². The summed E-state index contributed by atoms with van der Waals surface area (Å²) < 4.78 is 89.2. The fourth-order valence-corrected chi connectivity index (χ4v) is 7.70. The number of benzene rings is 8. The minimum Gasteiger partial charge on any atom is -0.307 e. The Balaban J connectivity index is 1.20. The van der Waals surface area contributed by atoms with Crippen molar-refractivity contribution in [3.8, 4) is 56.7 Å². The smallest absolute Gasteiger partial charge is 0.238 e. The molecule has 3 aromatic heterocycles. The van der Waals surface area contributed by atoms with Crippen molar-refractivity contribution in [3.63, 3.8) is 0 Å². The van der Waals surface area contributed by atoms with Gasteiger partial charge in [0.2, 0.25) is 5.95 Å². The standard InChI is InChI=1S/C51H33N5/c1-4-16-34(17-5-1)37-22-14-23-38(32-37)39-24-15-25-40(33-39)55-45-28-12-10-26-41(45)43-30-31-44-42-27-11-13-29-46(42)56(48(44)47(43)55)51-53-49(35-18-6-2-7-19-35)52-50(54-51)36-20-8-3-9-21-36/h1-33H/i1D,2D,4D,5D,6D,7D,16D,17D,18D,19D. The second-order valence-electron chi connectivity index (χ2n) is 13.3. The minimum atomic E-state index is -0.519. The van der Waals surface area contributed by atoms with E-state index in [0.29, 0.717) is 11.1 Å². The van der Waals surface area contributed by atoms with Crippen molar-refractivity contribution < 1.29 is 13.7 Å². The van der Waals surface area contributed by atoms with Gasteiger partial charge < -0.3 is 4.57 Å². The van der Waals surface area contributed by atoms with Crippen molar-refractivity contribution >= 4 is 43.6 Å². The van der Waals surface area contributed by atoms with E-state index in [1.165, 1.54) is 0 Å². The van der Waals surface area contributed by atoms with E-state index in [1.54, 1.807) is 6.07 Å². The highest BCUT2D eigenvalue weighted by molar-refractivity contribution is 6.23. The number of nitrogens with zero attached hydrogens (tertiary/aromatic N) is 5. The van der Waals surface area contributed by atoms with E-state index in [0.717, 1.165) is 60.4 Å². The number of aromatic nitrogens is 5. The summed E-state index contributed by atoms with van der Waals surface area (Å²) in [5, 5.41) is 3.74. The minimum absolute atomic E-state index is 0.0759.